The van der Waals surface area contributed by atoms with Gasteiger partial charge in [-0.1, -0.05) is 13.3 Å². The molecule has 1 heterocycles. The van der Waals surface area contributed by atoms with Gasteiger partial charge in [-0.3, -0.25) is 4.79 Å². The lowest BCUT2D eigenvalue weighted by molar-refractivity contribution is 0.0972. The highest BCUT2D eigenvalue weighted by Crippen LogP contribution is 2.44. The smallest absolute Gasteiger partial charge is 0.178 e. The van der Waals surface area contributed by atoms with E-state index in [4.69, 9.17) is 5.73 Å². The van der Waals surface area contributed by atoms with E-state index in [1.165, 1.54) is 24.2 Å². The van der Waals surface area contributed by atoms with E-state index >= 15 is 0 Å². The lowest BCUT2D eigenvalue weighted by atomic mass is 10.1. The van der Waals surface area contributed by atoms with Crippen molar-refractivity contribution in [2.24, 2.45) is 11.8 Å². The Morgan fingerprint density at radius 3 is 2.90 bits per heavy atom. The van der Waals surface area contributed by atoms with Crippen LogP contribution in [0.2, 0.25) is 0 Å². The largest absolute Gasteiger partial charge is 0.396 e. The van der Waals surface area contributed by atoms with Gasteiger partial charge >= 0.3 is 0 Å². The summed E-state index contributed by atoms with van der Waals surface area (Å²) >= 11 is 1.37. The third-order valence-corrected chi connectivity index (χ3v) is 5.28. The first-order valence-electron chi connectivity index (χ1n) is 7.28. The van der Waals surface area contributed by atoms with E-state index in [1.807, 2.05) is 0 Å². The highest BCUT2D eigenvalue weighted by Gasteiger charge is 2.38. The number of nitrogens with one attached hydrogen (secondary N) is 1. The zero-order valence-corrected chi connectivity index (χ0v) is 12.4. The van der Waals surface area contributed by atoms with Crippen molar-refractivity contribution in [2.45, 2.75) is 45.1 Å². The van der Waals surface area contributed by atoms with Gasteiger partial charge in [-0.25, -0.2) is 0 Å². The van der Waals surface area contributed by atoms with Crippen LogP contribution in [0.25, 0.3) is 0 Å². The Morgan fingerprint density at radius 1 is 1.55 bits per heavy atom. The molecule has 0 aromatic carbocycles. The predicted molar refractivity (Wildman–Crippen MR) is 80.9 cm³/mol. The molecule has 0 bridgehead atoms. The van der Waals surface area contributed by atoms with Crippen LogP contribution >= 0.6 is 11.3 Å². The second kappa shape index (κ2) is 5.10. The van der Waals surface area contributed by atoms with Crippen molar-refractivity contribution < 1.29 is 4.79 Å². The molecule has 1 aromatic heterocycles. The number of nitriles is 1. The van der Waals surface area contributed by atoms with Crippen LogP contribution in [0.4, 0.5) is 10.7 Å². The molecule has 3 rings (SSSR count). The molecule has 2 atom stereocenters. The van der Waals surface area contributed by atoms with Crippen LogP contribution in [0.1, 0.15) is 54.3 Å². The Hall–Kier alpha value is -1.54. The lowest BCUT2D eigenvalue weighted by Crippen LogP contribution is -2.04. The molecule has 0 amide bonds. The van der Waals surface area contributed by atoms with Gasteiger partial charge < -0.3 is 11.1 Å². The Kier molecular flexibility index (Phi) is 3.43. The monoisotopic (exact) mass is 289 g/mol. The minimum absolute atomic E-state index is 0.123. The molecule has 0 aliphatic heterocycles. The number of anilines is 2. The van der Waals surface area contributed by atoms with Crippen molar-refractivity contribution >= 4 is 27.8 Å². The molecule has 2 saturated carbocycles. The average Bonchev–Trinajstić information content (AvgIpc) is 3.31. The maximum absolute atomic E-state index is 12.2. The first kappa shape index (κ1) is 13.4. The van der Waals surface area contributed by atoms with Gasteiger partial charge in [0.25, 0.3) is 0 Å². The standard InChI is InChI=1S/C15H19N3OS/c1-2-3-9-6-11(9)18-15-10(7-16)12(17)14(20-15)13(19)8-4-5-8/h8-9,11,18H,2-6,17H2,1H3. The molecule has 2 fully saturated rings. The number of hydrogen-bond acceptors (Lipinski definition) is 5. The summed E-state index contributed by atoms with van der Waals surface area (Å²) in [6.45, 7) is 2.19. The molecule has 2 aliphatic rings. The zero-order chi connectivity index (χ0) is 14.3. The molecule has 4 nitrogen and oxygen atoms in total. The first-order chi connectivity index (χ1) is 9.65. The minimum atomic E-state index is 0.123. The molecular weight excluding hydrogens is 270 g/mol. The predicted octanol–water partition coefficient (Wildman–Crippen LogP) is 3.40. The summed E-state index contributed by atoms with van der Waals surface area (Å²) in [6, 6.07) is 2.60. The Morgan fingerprint density at radius 2 is 2.30 bits per heavy atom. The summed E-state index contributed by atoms with van der Waals surface area (Å²) in [5.74, 6) is 0.972. The van der Waals surface area contributed by atoms with E-state index in [-0.39, 0.29) is 11.7 Å². The second-order valence-electron chi connectivity index (χ2n) is 5.83. The summed E-state index contributed by atoms with van der Waals surface area (Å²) in [4.78, 5) is 12.8. The fourth-order valence-electron chi connectivity index (χ4n) is 2.65. The van der Waals surface area contributed by atoms with Crippen molar-refractivity contribution in [3.05, 3.63) is 10.4 Å². The topological polar surface area (TPSA) is 78.9 Å². The van der Waals surface area contributed by atoms with Crippen molar-refractivity contribution in [3.63, 3.8) is 0 Å². The molecule has 0 saturated heterocycles. The van der Waals surface area contributed by atoms with Crippen molar-refractivity contribution in [2.75, 3.05) is 11.1 Å². The van der Waals surface area contributed by atoms with E-state index in [9.17, 15) is 10.1 Å². The number of ketones is 1. The Balaban J connectivity index is 1.78. The molecule has 2 aliphatic carbocycles. The van der Waals surface area contributed by atoms with Gasteiger partial charge in [0.05, 0.1) is 10.6 Å². The van der Waals surface area contributed by atoms with Gasteiger partial charge in [-0.15, -0.1) is 11.3 Å². The molecule has 0 radical (unpaired) electrons. The van der Waals surface area contributed by atoms with Crippen molar-refractivity contribution in [1.82, 2.24) is 0 Å². The van der Waals surface area contributed by atoms with E-state index in [1.54, 1.807) is 0 Å². The van der Waals surface area contributed by atoms with Crippen LogP contribution in [0, 0.1) is 23.2 Å². The number of nitrogen functional groups attached to an aromatic ring is 1. The zero-order valence-electron chi connectivity index (χ0n) is 11.6. The number of carbonyl (C=O) groups excluding carboxylic acids is 1. The number of hydrogen-bond donors (Lipinski definition) is 2. The van der Waals surface area contributed by atoms with Crippen LogP contribution in [-0.2, 0) is 0 Å². The van der Waals surface area contributed by atoms with Gasteiger partial charge in [0, 0.05) is 12.0 Å². The number of thiophene rings is 1. The fraction of sp³-hybridized carbons (Fsp3) is 0.600. The van der Waals surface area contributed by atoms with Crippen molar-refractivity contribution in [1.29, 1.82) is 5.26 Å². The maximum atomic E-state index is 12.2. The lowest BCUT2D eigenvalue weighted by Gasteiger charge is -2.02. The second-order valence-corrected chi connectivity index (χ2v) is 6.86. The van der Waals surface area contributed by atoms with Gasteiger partial charge in [0.2, 0.25) is 0 Å². The van der Waals surface area contributed by atoms with Crippen LogP contribution < -0.4 is 11.1 Å². The Bertz CT molecular complexity index is 583. The van der Waals surface area contributed by atoms with Gasteiger partial charge in [-0.05, 0) is 31.6 Å². The van der Waals surface area contributed by atoms with Crippen molar-refractivity contribution in [3.8, 4) is 6.07 Å². The Labute approximate surface area is 123 Å². The molecule has 5 heteroatoms. The van der Waals surface area contributed by atoms with E-state index in [0.29, 0.717) is 28.1 Å². The highest BCUT2D eigenvalue weighted by atomic mass is 32.1. The average molecular weight is 289 g/mol. The van der Waals surface area contributed by atoms with Crippen LogP contribution in [0.3, 0.4) is 0 Å². The van der Waals surface area contributed by atoms with Crippen LogP contribution in [0.5, 0.6) is 0 Å². The normalized spacial score (nSPS) is 24.2. The maximum Gasteiger partial charge on any atom is 0.178 e. The quantitative estimate of drug-likeness (QED) is 0.787. The van der Waals surface area contributed by atoms with E-state index in [2.05, 4.69) is 18.3 Å². The van der Waals surface area contributed by atoms with Gasteiger partial charge in [-0.2, -0.15) is 5.26 Å². The van der Waals surface area contributed by atoms with Gasteiger partial charge in [0.15, 0.2) is 5.78 Å². The summed E-state index contributed by atoms with van der Waals surface area (Å²) in [5, 5.41) is 13.5. The SMILES string of the molecule is CCCC1CC1Nc1sc(C(=O)C2CC2)c(N)c1C#N. The molecule has 2 unspecified atom stereocenters. The molecule has 106 valence electrons. The third kappa shape index (κ3) is 2.40. The molecule has 20 heavy (non-hydrogen) atoms. The number of carbonyl (C=O) groups is 1. The summed E-state index contributed by atoms with van der Waals surface area (Å²) in [5.41, 5.74) is 6.84. The molecular formula is C15H19N3OS. The van der Waals surface area contributed by atoms with E-state index in [0.717, 1.165) is 24.3 Å². The van der Waals surface area contributed by atoms with Crippen LogP contribution in [0.15, 0.2) is 0 Å². The minimum Gasteiger partial charge on any atom is -0.396 e. The van der Waals surface area contributed by atoms with Crippen LogP contribution in [-0.4, -0.2) is 11.8 Å². The summed E-state index contributed by atoms with van der Waals surface area (Å²) < 4.78 is 0. The third-order valence-electron chi connectivity index (χ3n) is 4.13. The summed E-state index contributed by atoms with van der Waals surface area (Å²) in [6.07, 6.45) is 5.48. The number of nitrogens with zero attached hydrogens (tertiary/aromatic N) is 1. The van der Waals surface area contributed by atoms with Gasteiger partial charge in [0.1, 0.15) is 16.6 Å². The number of rotatable bonds is 6. The highest BCUT2D eigenvalue weighted by molar-refractivity contribution is 7.19. The molecule has 0 spiro atoms. The first-order valence-corrected chi connectivity index (χ1v) is 8.10. The molecule has 3 N–H and O–H groups in total. The number of Topliss-reactive ketones (excluding diaryl/α,β-unsaturated/α-hetero) is 1. The molecule has 1 aromatic rings. The summed E-state index contributed by atoms with van der Waals surface area (Å²) in [7, 11) is 0. The number of nitrogens with two attached hydrogens (primary N) is 1. The fourth-order valence-corrected chi connectivity index (χ4v) is 3.80. The van der Waals surface area contributed by atoms with E-state index < -0.39 is 0 Å².